The van der Waals surface area contributed by atoms with Crippen LogP contribution in [0.3, 0.4) is 0 Å². The van der Waals surface area contributed by atoms with Crippen molar-refractivity contribution in [3.8, 4) is 5.69 Å². The maximum atomic E-state index is 12.4. The van der Waals surface area contributed by atoms with E-state index in [9.17, 15) is 4.79 Å². The van der Waals surface area contributed by atoms with Crippen LogP contribution in [0.5, 0.6) is 0 Å². The average molecular weight is 325 g/mol. The second-order valence-corrected chi connectivity index (χ2v) is 5.83. The van der Waals surface area contributed by atoms with Crippen molar-refractivity contribution in [2.75, 3.05) is 20.1 Å². The van der Waals surface area contributed by atoms with Gasteiger partial charge in [0.05, 0.1) is 5.69 Å². The van der Waals surface area contributed by atoms with E-state index in [1.165, 1.54) is 11.0 Å². The number of rotatable bonds is 5. The molecule has 0 atom stereocenters. The van der Waals surface area contributed by atoms with Gasteiger partial charge in [0.1, 0.15) is 6.33 Å². The molecule has 1 aromatic carbocycles. The number of amides is 1. The zero-order valence-electron chi connectivity index (χ0n) is 12.9. The van der Waals surface area contributed by atoms with Crippen molar-refractivity contribution in [1.29, 1.82) is 0 Å². The van der Waals surface area contributed by atoms with Crippen LogP contribution in [0.2, 0.25) is 0 Å². The molecular formula is C14H21ClN6O. The van der Waals surface area contributed by atoms with E-state index in [1.54, 1.807) is 24.1 Å². The zero-order valence-corrected chi connectivity index (χ0v) is 13.7. The van der Waals surface area contributed by atoms with Gasteiger partial charge in [-0.3, -0.25) is 4.79 Å². The van der Waals surface area contributed by atoms with Crippen LogP contribution in [-0.4, -0.2) is 51.2 Å². The molecule has 120 valence electrons. The average Bonchev–Trinajstić information content (AvgIpc) is 3.00. The lowest BCUT2D eigenvalue weighted by Crippen LogP contribution is -2.39. The van der Waals surface area contributed by atoms with Crippen LogP contribution in [0, 0.1) is 5.41 Å². The molecule has 0 aliphatic rings. The number of halogens is 1. The summed E-state index contributed by atoms with van der Waals surface area (Å²) in [5, 5.41) is 11.0. The SMILES string of the molecule is CN(CC(C)(C)CN)C(=O)c1ccc(-n2cnnn2)cc1.Cl. The molecule has 0 unspecified atom stereocenters. The summed E-state index contributed by atoms with van der Waals surface area (Å²) in [6.07, 6.45) is 1.51. The van der Waals surface area contributed by atoms with Gasteiger partial charge in [-0.15, -0.1) is 17.5 Å². The third-order valence-electron chi connectivity index (χ3n) is 3.29. The number of nitrogens with two attached hydrogens (primary N) is 1. The van der Waals surface area contributed by atoms with Gasteiger partial charge in [-0.2, -0.15) is 0 Å². The lowest BCUT2D eigenvalue weighted by Gasteiger charge is -2.29. The summed E-state index contributed by atoms with van der Waals surface area (Å²) in [7, 11) is 1.79. The van der Waals surface area contributed by atoms with Crippen molar-refractivity contribution in [1.82, 2.24) is 25.1 Å². The number of carbonyl (C=O) groups excluding carboxylic acids is 1. The molecule has 8 heteroatoms. The molecule has 0 fully saturated rings. The summed E-state index contributed by atoms with van der Waals surface area (Å²) >= 11 is 0. The van der Waals surface area contributed by atoms with Crippen LogP contribution in [0.1, 0.15) is 24.2 Å². The van der Waals surface area contributed by atoms with E-state index in [-0.39, 0.29) is 23.7 Å². The highest BCUT2D eigenvalue weighted by molar-refractivity contribution is 5.94. The van der Waals surface area contributed by atoms with Crippen LogP contribution in [-0.2, 0) is 0 Å². The molecule has 1 heterocycles. The first-order valence-corrected chi connectivity index (χ1v) is 6.72. The van der Waals surface area contributed by atoms with Crippen LogP contribution < -0.4 is 5.73 Å². The maximum absolute atomic E-state index is 12.4. The number of benzene rings is 1. The Bertz CT molecular complexity index is 596. The van der Waals surface area contributed by atoms with Crippen LogP contribution in [0.25, 0.3) is 5.69 Å². The Balaban J connectivity index is 0.00000242. The Morgan fingerprint density at radius 2 is 1.95 bits per heavy atom. The molecule has 0 saturated heterocycles. The lowest BCUT2D eigenvalue weighted by molar-refractivity contribution is 0.0740. The highest BCUT2D eigenvalue weighted by Crippen LogP contribution is 2.16. The summed E-state index contributed by atoms with van der Waals surface area (Å²) in [4.78, 5) is 14.1. The Morgan fingerprint density at radius 1 is 1.32 bits per heavy atom. The van der Waals surface area contributed by atoms with E-state index in [1.807, 2.05) is 26.0 Å². The molecule has 2 aromatic rings. The highest BCUT2D eigenvalue weighted by atomic mass is 35.5. The molecule has 2 N–H and O–H groups in total. The van der Waals surface area contributed by atoms with E-state index in [4.69, 9.17) is 5.73 Å². The van der Waals surface area contributed by atoms with Crippen molar-refractivity contribution in [2.24, 2.45) is 11.1 Å². The number of carbonyl (C=O) groups is 1. The molecule has 0 spiro atoms. The van der Waals surface area contributed by atoms with Gasteiger partial charge in [-0.05, 0) is 46.7 Å². The number of hydrogen-bond donors (Lipinski definition) is 1. The first-order chi connectivity index (χ1) is 9.93. The van der Waals surface area contributed by atoms with Crippen molar-refractivity contribution >= 4 is 18.3 Å². The quantitative estimate of drug-likeness (QED) is 0.890. The summed E-state index contributed by atoms with van der Waals surface area (Å²) < 4.78 is 1.54. The van der Waals surface area contributed by atoms with E-state index in [0.717, 1.165) is 5.69 Å². The van der Waals surface area contributed by atoms with Crippen molar-refractivity contribution in [3.05, 3.63) is 36.2 Å². The van der Waals surface area contributed by atoms with E-state index < -0.39 is 0 Å². The minimum atomic E-state index is -0.100. The largest absolute Gasteiger partial charge is 0.341 e. The Morgan fingerprint density at radius 3 is 2.45 bits per heavy atom. The van der Waals surface area contributed by atoms with Crippen LogP contribution in [0.15, 0.2) is 30.6 Å². The van der Waals surface area contributed by atoms with Gasteiger partial charge in [0.15, 0.2) is 0 Å². The van der Waals surface area contributed by atoms with Crippen LogP contribution in [0.4, 0.5) is 0 Å². The molecule has 0 aliphatic heterocycles. The van der Waals surface area contributed by atoms with E-state index in [2.05, 4.69) is 15.5 Å². The lowest BCUT2D eigenvalue weighted by atomic mass is 9.93. The smallest absolute Gasteiger partial charge is 0.253 e. The molecule has 2 rings (SSSR count). The summed E-state index contributed by atoms with van der Waals surface area (Å²) in [5.74, 6) is -0.0280. The molecular weight excluding hydrogens is 304 g/mol. The second-order valence-electron chi connectivity index (χ2n) is 5.83. The minimum absolute atomic E-state index is 0. The first kappa shape index (κ1) is 18.1. The van der Waals surface area contributed by atoms with Crippen molar-refractivity contribution in [3.63, 3.8) is 0 Å². The number of aromatic nitrogens is 4. The molecule has 22 heavy (non-hydrogen) atoms. The normalized spacial score (nSPS) is 10.9. The highest BCUT2D eigenvalue weighted by Gasteiger charge is 2.21. The zero-order chi connectivity index (χ0) is 15.5. The summed E-state index contributed by atoms with van der Waals surface area (Å²) in [5.41, 5.74) is 7.04. The van der Waals surface area contributed by atoms with Gasteiger partial charge < -0.3 is 10.6 Å². The summed E-state index contributed by atoms with van der Waals surface area (Å²) in [6, 6.07) is 7.16. The number of nitrogens with zero attached hydrogens (tertiary/aromatic N) is 5. The standard InChI is InChI=1S/C14H20N6O.ClH/c1-14(2,8-15)9-19(3)13(21)11-4-6-12(7-5-11)20-10-16-17-18-20;/h4-7,10H,8-9,15H2,1-3H3;1H. The molecule has 0 aliphatic carbocycles. The molecule has 1 amide bonds. The van der Waals surface area contributed by atoms with Gasteiger partial charge >= 0.3 is 0 Å². The van der Waals surface area contributed by atoms with E-state index in [0.29, 0.717) is 18.7 Å². The van der Waals surface area contributed by atoms with Gasteiger partial charge in [-0.1, -0.05) is 13.8 Å². The molecule has 7 nitrogen and oxygen atoms in total. The first-order valence-electron chi connectivity index (χ1n) is 6.72. The molecule has 0 bridgehead atoms. The van der Waals surface area contributed by atoms with Crippen molar-refractivity contribution < 1.29 is 4.79 Å². The van der Waals surface area contributed by atoms with Crippen molar-refractivity contribution in [2.45, 2.75) is 13.8 Å². The number of tetrazole rings is 1. The monoisotopic (exact) mass is 324 g/mol. The third-order valence-corrected chi connectivity index (χ3v) is 3.29. The van der Waals surface area contributed by atoms with E-state index >= 15 is 0 Å². The Labute approximate surface area is 135 Å². The minimum Gasteiger partial charge on any atom is -0.341 e. The molecule has 0 saturated carbocycles. The topological polar surface area (TPSA) is 89.9 Å². The van der Waals surface area contributed by atoms with Crippen LogP contribution >= 0.6 is 12.4 Å². The second kappa shape index (κ2) is 7.33. The summed E-state index contributed by atoms with van der Waals surface area (Å²) in [6.45, 7) is 5.22. The van der Waals surface area contributed by atoms with Gasteiger partial charge in [0.2, 0.25) is 0 Å². The molecule has 0 radical (unpaired) electrons. The Hall–Kier alpha value is -1.99. The fourth-order valence-electron chi connectivity index (χ4n) is 2.04. The third kappa shape index (κ3) is 4.25. The fraction of sp³-hybridized carbons (Fsp3) is 0.429. The van der Waals surface area contributed by atoms with Gasteiger partial charge in [0.25, 0.3) is 5.91 Å². The van der Waals surface area contributed by atoms with Gasteiger partial charge in [-0.25, -0.2) is 4.68 Å². The number of hydrogen-bond acceptors (Lipinski definition) is 5. The predicted octanol–water partition coefficient (Wildman–Crippen LogP) is 1.14. The molecule has 1 aromatic heterocycles. The van der Waals surface area contributed by atoms with Gasteiger partial charge in [0, 0.05) is 19.2 Å². The Kier molecular flexibility index (Phi) is 6.01. The fourth-order valence-corrected chi connectivity index (χ4v) is 2.04. The predicted molar refractivity (Wildman–Crippen MR) is 86.2 cm³/mol. The maximum Gasteiger partial charge on any atom is 0.253 e.